The lowest BCUT2D eigenvalue weighted by molar-refractivity contribution is -0.138. The standard InChI is InChI=1S/C35H24BrF6N3O5S2/c36-14-9-10-22(50-13-23(46)43-20-7-3-1-5-18(20)34(37,38)39)15(11-14)24-25-16-12-17(28(25)51-30-29(24)52-33(49)44-30)27-26(16)31(47)45(32(27)48)21-8-4-2-6-19(21)35(40,41)42/h1-11,16-17,24-28H,12-13H2,(H,43,46)(H,44,49)/t16?,17?,24-,25?,26?,27?,28?/m1/s1. The Kier molecular flexibility index (Phi) is 8.41. The second-order valence-corrected chi connectivity index (χ2v) is 16.2. The van der Waals surface area contributed by atoms with E-state index in [4.69, 9.17) is 4.74 Å². The quantitative estimate of drug-likeness (QED) is 0.151. The van der Waals surface area contributed by atoms with Crippen LogP contribution >= 0.6 is 39.0 Å². The number of carbonyl (C=O) groups excluding carboxylic acids is 3. The van der Waals surface area contributed by atoms with E-state index in [1.54, 1.807) is 18.2 Å². The molecule has 3 aromatic carbocycles. The van der Waals surface area contributed by atoms with Gasteiger partial charge in [0, 0.05) is 26.1 Å². The Morgan fingerprint density at radius 3 is 2.27 bits per heavy atom. The lowest BCUT2D eigenvalue weighted by Crippen LogP contribution is -2.42. The molecule has 4 aliphatic rings. The number of aromatic nitrogens is 1. The van der Waals surface area contributed by atoms with Gasteiger partial charge in [-0.25, -0.2) is 4.90 Å². The van der Waals surface area contributed by atoms with E-state index < -0.39 is 82.9 Å². The first-order chi connectivity index (χ1) is 24.6. The van der Waals surface area contributed by atoms with Gasteiger partial charge in [0.2, 0.25) is 11.8 Å². The summed E-state index contributed by atoms with van der Waals surface area (Å²) in [5, 5.41) is 2.51. The normalized spacial score (nSPS) is 26.3. The van der Waals surface area contributed by atoms with Gasteiger partial charge in [-0.1, -0.05) is 51.5 Å². The number of aromatic amines is 1. The van der Waals surface area contributed by atoms with Gasteiger partial charge in [0.1, 0.15) is 5.75 Å². The van der Waals surface area contributed by atoms with Crippen molar-refractivity contribution < 1.29 is 45.5 Å². The number of thioether (sulfide) groups is 1. The van der Waals surface area contributed by atoms with E-state index in [0.717, 1.165) is 35.6 Å². The van der Waals surface area contributed by atoms with Crippen molar-refractivity contribution in [2.45, 2.75) is 35.0 Å². The van der Waals surface area contributed by atoms with Crippen molar-refractivity contribution in [2.24, 2.45) is 29.6 Å². The molecule has 17 heteroatoms. The van der Waals surface area contributed by atoms with Gasteiger partial charge in [-0.3, -0.25) is 19.2 Å². The van der Waals surface area contributed by atoms with Crippen LogP contribution < -0.4 is 19.8 Å². The Morgan fingerprint density at radius 2 is 1.56 bits per heavy atom. The number of halogens is 7. The molecule has 270 valence electrons. The van der Waals surface area contributed by atoms with Gasteiger partial charge in [0.15, 0.2) is 6.61 Å². The molecule has 8 rings (SSSR count). The van der Waals surface area contributed by atoms with E-state index in [-0.39, 0.29) is 27.7 Å². The molecule has 1 saturated heterocycles. The first-order valence-electron chi connectivity index (χ1n) is 16.0. The number of alkyl halides is 6. The van der Waals surface area contributed by atoms with Gasteiger partial charge in [0.25, 0.3) is 5.91 Å². The number of fused-ring (bicyclic) bond motifs is 9. The molecule has 2 N–H and O–H groups in total. The smallest absolute Gasteiger partial charge is 0.418 e. The highest BCUT2D eigenvalue weighted by atomic mass is 79.9. The molecule has 1 aromatic heterocycles. The first kappa shape index (κ1) is 35.0. The number of anilines is 2. The van der Waals surface area contributed by atoms with Crippen LogP contribution in [-0.2, 0) is 26.7 Å². The largest absolute Gasteiger partial charge is 0.483 e. The zero-order valence-corrected chi connectivity index (χ0v) is 29.5. The minimum Gasteiger partial charge on any atom is -0.483 e. The molecular weight excluding hydrogens is 800 g/mol. The Bertz CT molecular complexity index is 2210. The fourth-order valence-corrected chi connectivity index (χ4v) is 11.8. The van der Waals surface area contributed by atoms with Crippen LogP contribution in [0.5, 0.6) is 5.75 Å². The average molecular weight is 825 g/mol. The summed E-state index contributed by atoms with van der Waals surface area (Å²) in [7, 11) is 0. The maximum absolute atomic E-state index is 14.1. The van der Waals surface area contributed by atoms with Crippen LogP contribution in [0, 0.1) is 29.6 Å². The summed E-state index contributed by atoms with van der Waals surface area (Å²) in [6.45, 7) is -0.663. The van der Waals surface area contributed by atoms with Crippen molar-refractivity contribution in [2.75, 3.05) is 16.8 Å². The Morgan fingerprint density at radius 1 is 0.904 bits per heavy atom. The lowest BCUT2D eigenvalue weighted by atomic mass is 9.68. The molecule has 8 nitrogen and oxygen atoms in total. The average Bonchev–Trinajstić information content (AvgIpc) is 3.82. The van der Waals surface area contributed by atoms with Crippen LogP contribution in [0.3, 0.4) is 0 Å². The van der Waals surface area contributed by atoms with E-state index in [0.29, 0.717) is 31.3 Å². The van der Waals surface area contributed by atoms with Crippen molar-refractivity contribution >= 4 is 68.1 Å². The molecule has 6 unspecified atom stereocenters. The summed E-state index contributed by atoms with van der Waals surface area (Å²) >= 11 is 5.83. The highest BCUT2D eigenvalue weighted by Gasteiger charge is 2.70. The maximum atomic E-state index is 14.1. The van der Waals surface area contributed by atoms with E-state index in [2.05, 4.69) is 26.2 Å². The van der Waals surface area contributed by atoms with Crippen molar-refractivity contribution in [1.29, 1.82) is 0 Å². The third-order valence-electron chi connectivity index (χ3n) is 10.3. The minimum absolute atomic E-state index is 0.207. The molecule has 2 aliphatic carbocycles. The Hall–Kier alpha value is -4.09. The topological polar surface area (TPSA) is 109 Å². The number of para-hydroxylation sites is 2. The Labute approximate surface area is 307 Å². The summed E-state index contributed by atoms with van der Waals surface area (Å²) in [4.78, 5) is 57.6. The highest BCUT2D eigenvalue weighted by molar-refractivity contribution is 9.10. The molecule has 2 aliphatic heterocycles. The SMILES string of the molecule is O=C(COc1ccc(Br)cc1[C@H]1c2sc(=O)[nH]c2SC2C3CC(C4C(=O)N(c5ccccc5C(F)(F)F)C(=O)C34)C21)Nc1ccccc1C(F)(F)F. The fourth-order valence-electron chi connectivity index (χ4n) is 8.57. The number of carbonyl (C=O) groups is 3. The van der Waals surface area contributed by atoms with E-state index >= 15 is 0 Å². The number of imide groups is 1. The number of hydrogen-bond donors (Lipinski definition) is 2. The highest BCUT2D eigenvalue weighted by Crippen LogP contribution is 2.69. The molecule has 52 heavy (non-hydrogen) atoms. The number of rotatable bonds is 6. The third kappa shape index (κ3) is 5.66. The number of H-pyrrole nitrogens is 1. The third-order valence-corrected chi connectivity index (χ3v) is 13.4. The number of nitrogens with zero attached hydrogens (tertiary/aromatic N) is 1. The molecule has 2 saturated carbocycles. The van der Waals surface area contributed by atoms with Crippen LogP contribution in [0.4, 0.5) is 37.7 Å². The van der Waals surface area contributed by atoms with Gasteiger partial charge >= 0.3 is 17.2 Å². The van der Waals surface area contributed by atoms with Crippen LogP contribution in [-0.4, -0.2) is 34.6 Å². The number of nitrogens with one attached hydrogen (secondary N) is 2. The summed E-state index contributed by atoms with van der Waals surface area (Å²) in [5.41, 5.74) is -2.52. The van der Waals surface area contributed by atoms with Gasteiger partial charge < -0.3 is 15.0 Å². The predicted molar refractivity (Wildman–Crippen MR) is 182 cm³/mol. The molecule has 2 bridgehead atoms. The molecule has 3 heterocycles. The van der Waals surface area contributed by atoms with E-state index in [1.165, 1.54) is 36.0 Å². The van der Waals surface area contributed by atoms with E-state index in [1.807, 2.05) is 0 Å². The Balaban J connectivity index is 1.14. The number of ether oxygens (including phenoxy) is 1. The number of hydrogen-bond acceptors (Lipinski definition) is 7. The van der Waals surface area contributed by atoms with Crippen LogP contribution in [0.2, 0.25) is 0 Å². The van der Waals surface area contributed by atoms with Gasteiger partial charge in [0.05, 0.1) is 39.4 Å². The molecule has 0 radical (unpaired) electrons. The second-order valence-electron chi connectivity index (χ2n) is 13.0. The zero-order valence-electron chi connectivity index (χ0n) is 26.3. The fraction of sp³-hybridized carbons (Fsp3) is 0.314. The molecule has 7 atom stereocenters. The van der Waals surface area contributed by atoms with Crippen molar-refractivity contribution in [3.63, 3.8) is 0 Å². The van der Waals surface area contributed by atoms with Crippen molar-refractivity contribution in [3.05, 3.63) is 102 Å². The molecule has 3 fully saturated rings. The summed E-state index contributed by atoms with van der Waals surface area (Å²) in [6, 6.07) is 14.0. The van der Waals surface area contributed by atoms with Crippen LogP contribution in [0.15, 0.2) is 81.0 Å². The van der Waals surface area contributed by atoms with Gasteiger partial charge in [-0.05, 0) is 66.6 Å². The zero-order chi connectivity index (χ0) is 36.9. The maximum Gasteiger partial charge on any atom is 0.418 e. The number of benzene rings is 3. The molecular formula is C35H24BrF6N3O5S2. The number of amides is 3. The van der Waals surface area contributed by atoms with Gasteiger partial charge in [-0.2, -0.15) is 26.3 Å². The van der Waals surface area contributed by atoms with E-state index in [9.17, 15) is 45.5 Å². The van der Waals surface area contributed by atoms with Crippen molar-refractivity contribution in [3.8, 4) is 5.75 Å². The summed E-state index contributed by atoms with van der Waals surface area (Å²) in [5.74, 6) is -5.56. The molecule has 3 amide bonds. The second kappa shape index (κ2) is 12.5. The first-order valence-corrected chi connectivity index (χ1v) is 18.4. The van der Waals surface area contributed by atoms with Gasteiger partial charge in [-0.15, -0.1) is 11.8 Å². The number of thiazole rings is 1. The summed E-state index contributed by atoms with van der Waals surface area (Å²) < 4.78 is 89.3. The predicted octanol–water partition coefficient (Wildman–Crippen LogP) is 7.93. The monoisotopic (exact) mass is 823 g/mol. The van der Waals surface area contributed by atoms with Crippen molar-refractivity contribution in [1.82, 2.24) is 4.98 Å². The van der Waals surface area contributed by atoms with Crippen LogP contribution in [0.1, 0.15) is 33.9 Å². The molecule has 4 aromatic rings. The molecule has 0 spiro atoms. The summed E-state index contributed by atoms with van der Waals surface area (Å²) in [6.07, 6.45) is -9.05. The lowest BCUT2D eigenvalue weighted by Gasteiger charge is -2.43. The minimum atomic E-state index is -4.81. The van der Waals surface area contributed by atoms with Crippen LogP contribution in [0.25, 0.3) is 0 Å².